The number of anilines is 1. The van der Waals surface area contributed by atoms with Crippen molar-refractivity contribution in [1.29, 1.82) is 0 Å². The zero-order valence-corrected chi connectivity index (χ0v) is 11.1. The van der Waals surface area contributed by atoms with E-state index >= 15 is 0 Å². The maximum absolute atomic E-state index is 11.1. The highest BCUT2D eigenvalue weighted by molar-refractivity contribution is 5.69. The average molecular weight is 280 g/mol. The average Bonchev–Trinajstić information content (AvgIpc) is 2.85. The number of benzene rings is 1. The first-order chi connectivity index (χ1) is 9.51. The van der Waals surface area contributed by atoms with Crippen molar-refractivity contribution in [2.45, 2.75) is 12.8 Å². The van der Waals surface area contributed by atoms with Crippen LogP contribution in [0, 0.1) is 16.0 Å². The van der Waals surface area contributed by atoms with Crippen LogP contribution in [-0.4, -0.2) is 36.2 Å². The van der Waals surface area contributed by atoms with E-state index in [1.165, 1.54) is 13.2 Å². The van der Waals surface area contributed by atoms with Gasteiger partial charge < -0.3 is 14.7 Å². The van der Waals surface area contributed by atoms with Crippen LogP contribution in [0.5, 0.6) is 5.75 Å². The lowest BCUT2D eigenvalue weighted by molar-refractivity contribution is -0.384. The second-order valence-electron chi connectivity index (χ2n) is 4.81. The van der Waals surface area contributed by atoms with Gasteiger partial charge in [-0.05, 0) is 18.4 Å². The van der Waals surface area contributed by atoms with E-state index in [0.29, 0.717) is 24.5 Å². The van der Waals surface area contributed by atoms with E-state index in [2.05, 4.69) is 0 Å². The minimum atomic E-state index is -0.836. The summed E-state index contributed by atoms with van der Waals surface area (Å²) in [6.07, 6.45) is 0.814. The summed E-state index contributed by atoms with van der Waals surface area (Å²) < 4.78 is 5.10. The van der Waals surface area contributed by atoms with Crippen LogP contribution < -0.4 is 9.64 Å². The normalized spacial score (nSPS) is 18.1. The number of hydrogen-bond acceptors (Lipinski definition) is 5. The lowest BCUT2D eigenvalue weighted by Crippen LogP contribution is -2.21. The summed E-state index contributed by atoms with van der Waals surface area (Å²) in [5.41, 5.74) is 0.504. The Bertz CT molecular complexity index is 531. The molecule has 1 fully saturated rings. The van der Waals surface area contributed by atoms with Crippen LogP contribution in [0.2, 0.25) is 0 Å². The third kappa shape index (κ3) is 2.98. The molecule has 7 heteroatoms. The summed E-state index contributed by atoms with van der Waals surface area (Å²) in [7, 11) is 1.50. The Morgan fingerprint density at radius 2 is 2.35 bits per heavy atom. The third-order valence-electron chi connectivity index (χ3n) is 3.47. The quantitative estimate of drug-likeness (QED) is 0.654. The van der Waals surface area contributed by atoms with Gasteiger partial charge in [-0.15, -0.1) is 0 Å². The minimum absolute atomic E-state index is 0.0155. The molecule has 1 heterocycles. The number of nitro benzene ring substituents is 1. The Labute approximate surface area is 115 Å². The number of nitro groups is 1. The standard InChI is InChI=1S/C13H16N2O5/c1-20-10-2-3-11(15(18)19)12(7-10)14-5-4-9(8-14)6-13(16)17/h2-3,7,9H,4-6,8H2,1H3,(H,16,17). The summed E-state index contributed by atoms with van der Waals surface area (Å²) in [5, 5.41) is 19.9. The summed E-state index contributed by atoms with van der Waals surface area (Å²) >= 11 is 0. The van der Waals surface area contributed by atoms with Gasteiger partial charge in [0.15, 0.2) is 0 Å². The van der Waals surface area contributed by atoms with Crippen LogP contribution in [0.3, 0.4) is 0 Å². The molecule has 20 heavy (non-hydrogen) atoms. The van der Waals surface area contributed by atoms with Crippen molar-refractivity contribution >= 4 is 17.3 Å². The molecule has 1 aromatic carbocycles. The fourth-order valence-electron chi connectivity index (χ4n) is 2.50. The predicted octanol–water partition coefficient (Wildman–Crippen LogP) is 1.90. The van der Waals surface area contributed by atoms with Crippen LogP contribution >= 0.6 is 0 Å². The van der Waals surface area contributed by atoms with E-state index in [4.69, 9.17) is 9.84 Å². The van der Waals surface area contributed by atoms with Crippen LogP contribution in [0.1, 0.15) is 12.8 Å². The highest BCUT2D eigenvalue weighted by atomic mass is 16.6. The molecule has 1 aromatic rings. The van der Waals surface area contributed by atoms with Gasteiger partial charge in [-0.1, -0.05) is 0 Å². The van der Waals surface area contributed by atoms with E-state index in [9.17, 15) is 14.9 Å². The molecule has 0 spiro atoms. The number of ether oxygens (including phenoxy) is 1. The molecule has 1 N–H and O–H groups in total. The number of rotatable bonds is 5. The maximum Gasteiger partial charge on any atom is 0.303 e. The van der Waals surface area contributed by atoms with Gasteiger partial charge in [-0.25, -0.2) is 0 Å². The van der Waals surface area contributed by atoms with Gasteiger partial charge >= 0.3 is 5.97 Å². The van der Waals surface area contributed by atoms with Crippen LogP contribution in [0.25, 0.3) is 0 Å². The number of hydrogen-bond donors (Lipinski definition) is 1. The number of carboxylic acids is 1. The van der Waals surface area contributed by atoms with E-state index in [1.807, 2.05) is 4.90 Å². The Morgan fingerprint density at radius 1 is 1.60 bits per heavy atom. The molecule has 0 amide bonds. The maximum atomic E-state index is 11.1. The van der Waals surface area contributed by atoms with Crippen molar-refractivity contribution < 1.29 is 19.6 Å². The van der Waals surface area contributed by atoms with Crippen LogP contribution in [0.4, 0.5) is 11.4 Å². The van der Waals surface area contributed by atoms with Crippen LogP contribution in [-0.2, 0) is 4.79 Å². The number of carbonyl (C=O) groups is 1. The third-order valence-corrected chi connectivity index (χ3v) is 3.47. The summed E-state index contributed by atoms with van der Waals surface area (Å²) in [5.74, 6) is -0.261. The van der Waals surface area contributed by atoms with E-state index < -0.39 is 10.9 Å². The Hall–Kier alpha value is -2.31. The molecule has 1 atom stereocenters. The lowest BCUT2D eigenvalue weighted by Gasteiger charge is -2.19. The number of carboxylic acid groups (broad SMARTS) is 1. The largest absolute Gasteiger partial charge is 0.497 e. The molecule has 1 saturated heterocycles. The monoisotopic (exact) mass is 280 g/mol. The van der Waals surface area contributed by atoms with Crippen molar-refractivity contribution in [3.63, 3.8) is 0 Å². The molecule has 1 unspecified atom stereocenters. The van der Waals surface area contributed by atoms with Crippen molar-refractivity contribution in [2.75, 3.05) is 25.1 Å². The van der Waals surface area contributed by atoms with Gasteiger partial charge in [-0.3, -0.25) is 14.9 Å². The SMILES string of the molecule is COc1ccc([N+](=O)[O-])c(N2CCC(CC(=O)O)C2)c1. The van der Waals surface area contributed by atoms with Crippen molar-refractivity contribution in [1.82, 2.24) is 0 Å². The fraction of sp³-hybridized carbons (Fsp3) is 0.462. The molecule has 0 aliphatic carbocycles. The molecule has 0 radical (unpaired) electrons. The molecule has 108 valence electrons. The Kier molecular flexibility index (Phi) is 4.07. The van der Waals surface area contributed by atoms with Crippen molar-refractivity contribution in [3.05, 3.63) is 28.3 Å². The zero-order chi connectivity index (χ0) is 14.7. The van der Waals surface area contributed by atoms with Gasteiger partial charge in [-0.2, -0.15) is 0 Å². The molecule has 0 saturated carbocycles. The molecular weight excluding hydrogens is 264 g/mol. The van der Waals surface area contributed by atoms with Crippen molar-refractivity contribution in [2.24, 2.45) is 5.92 Å². The molecule has 7 nitrogen and oxygen atoms in total. The summed E-state index contributed by atoms with van der Waals surface area (Å²) in [4.78, 5) is 23.2. The lowest BCUT2D eigenvalue weighted by atomic mass is 10.1. The molecular formula is C13H16N2O5. The molecule has 0 bridgehead atoms. The van der Waals surface area contributed by atoms with Gasteiger partial charge in [0.2, 0.25) is 0 Å². The number of methoxy groups -OCH3 is 1. The summed E-state index contributed by atoms with van der Waals surface area (Å²) in [6.45, 7) is 1.13. The van der Waals surface area contributed by atoms with Gasteiger partial charge in [0.25, 0.3) is 5.69 Å². The first-order valence-electron chi connectivity index (χ1n) is 6.30. The minimum Gasteiger partial charge on any atom is -0.497 e. The van der Waals surface area contributed by atoms with Gasteiger partial charge in [0, 0.05) is 31.6 Å². The summed E-state index contributed by atoms with van der Waals surface area (Å²) in [6, 6.07) is 4.59. The molecule has 1 aliphatic heterocycles. The number of aliphatic carboxylic acids is 1. The van der Waals surface area contributed by atoms with Gasteiger partial charge in [0.1, 0.15) is 11.4 Å². The molecule has 1 aliphatic rings. The Morgan fingerprint density at radius 3 is 2.95 bits per heavy atom. The first-order valence-corrected chi connectivity index (χ1v) is 6.30. The predicted molar refractivity (Wildman–Crippen MR) is 72.2 cm³/mol. The van der Waals surface area contributed by atoms with Crippen LogP contribution in [0.15, 0.2) is 18.2 Å². The first kappa shape index (κ1) is 14.1. The second-order valence-corrected chi connectivity index (χ2v) is 4.81. The number of nitrogens with zero attached hydrogens (tertiary/aromatic N) is 2. The highest BCUT2D eigenvalue weighted by Gasteiger charge is 2.29. The second kappa shape index (κ2) is 5.77. The van der Waals surface area contributed by atoms with Gasteiger partial charge in [0.05, 0.1) is 12.0 Å². The van der Waals surface area contributed by atoms with E-state index in [1.54, 1.807) is 12.1 Å². The molecule has 0 aromatic heterocycles. The van der Waals surface area contributed by atoms with E-state index in [0.717, 1.165) is 6.42 Å². The Balaban J connectivity index is 2.23. The highest BCUT2D eigenvalue weighted by Crippen LogP contribution is 2.35. The smallest absolute Gasteiger partial charge is 0.303 e. The van der Waals surface area contributed by atoms with Crippen molar-refractivity contribution in [3.8, 4) is 5.75 Å². The molecule has 2 rings (SSSR count). The zero-order valence-electron chi connectivity index (χ0n) is 11.1. The fourth-order valence-corrected chi connectivity index (χ4v) is 2.50. The van der Waals surface area contributed by atoms with E-state index in [-0.39, 0.29) is 18.0 Å². The topological polar surface area (TPSA) is 92.9 Å².